The van der Waals surface area contributed by atoms with Gasteiger partial charge in [-0.05, 0) is 42.5 Å². The third-order valence-electron chi connectivity index (χ3n) is 3.22. The first-order valence-corrected chi connectivity index (χ1v) is 7.25. The summed E-state index contributed by atoms with van der Waals surface area (Å²) in [5.41, 5.74) is 5.22. The van der Waals surface area contributed by atoms with Crippen molar-refractivity contribution in [2.24, 2.45) is 0 Å². The van der Waals surface area contributed by atoms with Gasteiger partial charge in [-0.1, -0.05) is 0 Å². The van der Waals surface area contributed by atoms with E-state index in [2.05, 4.69) is 9.97 Å². The maximum Gasteiger partial charge on any atom is 0.182 e. The second-order valence-electron chi connectivity index (χ2n) is 4.43. The van der Waals surface area contributed by atoms with E-state index in [1.54, 1.807) is 17.4 Å². The predicted octanol–water partition coefficient (Wildman–Crippen LogP) is 4.44. The predicted molar refractivity (Wildman–Crippen MR) is 81.6 cm³/mol. The summed E-state index contributed by atoms with van der Waals surface area (Å²) in [7, 11) is 0. The molecule has 2 heterocycles. The van der Waals surface area contributed by atoms with Crippen LogP contribution in [-0.4, -0.2) is 14.5 Å². The molecule has 2 aromatic heterocycles. The number of hydrogen-bond acceptors (Lipinski definition) is 3. The van der Waals surface area contributed by atoms with Gasteiger partial charge < -0.3 is 4.98 Å². The molecular formula is C14H8FN3S2. The third kappa shape index (κ3) is 1.69. The number of H-pyrrole nitrogens is 1. The molecule has 0 atom stereocenters. The van der Waals surface area contributed by atoms with Gasteiger partial charge in [-0.3, -0.25) is 4.57 Å². The van der Waals surface area contributed by atoms with Gasteiger partial charge >= 0.3 is 0 Å². The van der Waals surface area contributed by atoms with Crippen LogP contribution in [0.4, 0.5) is 4.39 Å². The average Bonchev–Trinajstić information content (AvgIpc) is 3.00. The van der Waals surface area contributed by atoms with Crippen LogP contribution < -0.4 is 0 Å². The van der Waals surface area contributed by atoms with Crippen LogP contribution in [0, 0.1) is 10.6 Å². The lowest BCUT2D eigenvalue weighted by Crippen LogP contribution is -1.93. The van der Waals surface area contributed by atoms with Crippen LogP contribution in [0.15, 0.2) is 41.9 Å². The minimum absolute atomic E-state index is 0.279. The summed E-state index contributed by atoms with van der Waals surface area (Å²) < 4.78 is 16.9. The molecular weight excluding hydrogens is 293 g/mol. The van der Waals surface area contributed by atoms with Crippen molar-refractivity contribution in [1.29, 1.82) is 0 Å². The number of aromatic amines is 1. The van der Waals surface area contributed by atoms with E-state index in [0.29, 0.717) is 4.77 Å². The molecule has 3 nitrogen and oxygen atoms in total. The Morgan fingerprint density at radius 3 is 3.00 bits per heavy atom. The monoisotopic (exact) mass is 301 g/mol. The molecule has 0 amide bonds. The van der Waals surface area contributed by atoms with E-state index >= 15 is 0 Å². The summed E-state index contributed by atoms with van der Waals surface area (Å²) >= 11 is 6.92. The molecule has 0 saturated heterocycles. The largest absolute Gasteiger partial charge is 0.330 e. The summed E-state index contributed by atoms with van der Waals surface area (Å²) in [6, 6.07) is 10.5. The summed E-state index contributed by atoms with van der Waals surface area (Å²) in [6.07, 6.45) is 0. The lowest BCUT2D eigenvalue weighted by molar-refractivity contribution is 0.629. The first-order valence-electron chi connectivity index (χ1n) is 5.96. The Hall–Kier alpha value is -2.05. The van der Waals surface area contributed by atoms with Gasteiger partial charge in [-0.2, -0.15) is 0 Å². The molecule has 0 spiro atoms. The molecule has 1 N–H and O–H groups in total. The van der Waals surface area contributed by atoms with Gasteiger partial charge in [-0.25, -0.2) is 9.37 Å². The van der Waals surface area contributed by atoms with Gasteiger partial charge in [-0.15, -0.1) is 11.3 Å². The fourth-order valence-corrected chi connectivity index (χ4v) is 3.34. The van der Waals surface area contributed by atoms with E-state index in [4.69, 9.17) is 12.2 Å². The smallest absolute Gasteiger partial charge is 0.182 e. The van der Waals surface area contributed by atoms with E-state index in [1.165, 1.54) is 12.1 Å². The molecule has 0 aliphatic rings. The van der Waals surface area contributed by atoms with Crippen LogP contribution in [-0.2, 0) is 0 Å². The van der Waals surface area contributed by atoms with Gasteiger partial charge in [0.2, 0.25) is 0 Å². The fraction of sp³-hybridized carbons (Fsp3) is 0. The molecule has 0 fully saturated rings. The summed E-state index contributed by atoms with van der Waals surface area (Å²) in [6.45, 7) is 0. The third-order valence-corrected chi connectivity index (χ3v) is 4.29. The summed E-state index contributed by atoms with van der Waals surface area (Å²) in [5, 5.41) is 0. The van der Waals surface area contributed by atoms with E-state index in [0.717, 1.165) is 26.9 Å². The zero-order valence-electron chi connectivity index (χ0n) is 10.1. The van der Waals surface area contributed by atoms with Crippen LogP contribution in [0.3, 0.4) is 0 Å². The van der Waals surface area contributed by atoms with Crippen molar-refractivity contribution in [3.05, 3.63) is 52.5 Å². The van der Waals surface area contributed by atoms with Crippen molar-refractivity contribution in [2.75, 3.05) is 0 Å². The number of hydrogen-bond donors (Lipinski definition) is 1. The quantitative estimate of drug-likeness (QED) is 0.527. The number of aromatic nitrogens is 3. The second kappa shape index (κ2) is 4.22. The first kappa shape index (κ1) is 11.7. The maximum atomic E-state index is 13.5. The van der Waals surface area contributed by atoms with Crippen molar-refractivity contribution in [3.63, 3.8) is 0 Å². The maximum absolute atomic E-state index is 13.5. The van der Waals surface area contributed by atoms with Crippen LogP contribution in [0.5, 0.6) is 0 Å². The molecule has 0 saturated carbocycles. The molecule has 0 unspecified atom stereocenters. The summed E-state index contributed by atoms with van der Waals surface area (Å²) in [5.74, 6) is -0.279. The highest BCUT2D eigenvalue weighted by Gasteiger charge is 2.08. The standard InChI is InChI=1S/C14H8FN3S2/c15-8-1-3-10-12(5-8)18(14(19)17-10)9-2-4-11-13(6-9)20-7-16-11/h1-7H,(H,17,19). The minimum atomic E-state index is -0.279. The Morgan fingerprint density at radius 1 is 1.20 bits per heavy atom. The number of nitrogens with zero attached hydrogens (tertiary/aromatic N) is 2. The van der Waals surface area contributed by atoms with Crippen LogP contribution in [0.2, 0.25) is 0 Å². The molecule has 2 aromatic carbocycles. The molecule has 0 aliphatic carbocycles. The zero-order valence-corrected chi connectivity index (χ0v) is 11.8. The summed E-state index contributed by atoms with van der Waals surface area (Å²) in [4.78, 5) is 7.35. The van der Waals surface area contributed by atoms with Crippen LogP contribution in [0.25, 0.3) is 26.9 Å². The molecule has 0 bridgehead atoms. The van der Waals surface area contributed by atoms with Gasteiger partial charge in [0.05, 0.1) is 26.8 Å². The van der Waals surface area contributed by atoms with Crippen molar-refractivity contribution in [1.82, 2.24) is 14.5 Å². The lowest BCUT2D eigenvalue weighted by Gasteiger charge is -2.04. The molecule has 0 radical (unpaired) electrons. The first-order chi connectivity index (χ1) is 9.72. The second-order valence-corrected chi connectivity index (χ2v) is 5.70. The van der Waals surface area contributed by atoms with Gasteiger partial charge in [0.15, 0.2) is 4.77 Å². The number of rotatable bonds is 1. The van der Waals surface area contributed by atoms with Crippen LogP contribution in [0.1, 0.15) is 0 Å². The Labute approximate surface area is 122 Å². The molecule has 4 aromatic rings. The highest BCUT2D eigenvalue weighted by molar-refractivity contribution is 7.71. The number of thiazole rings is 1. The van der Waals surface area contributed by atoms with E-state index < -0.39 is 0 Å². The van der Waals surface area contributed by atoms with E-state index in [1.807, 2.05) is 28.3 Å². The number of nitrogens with one attached hydrogen (secondary N) is 1. The van der Waals surface area contributed by atoms with Crippen molar-refractivity contribution in [3.8, 4) is 5.69 Å². The Bertz CT molecular complexity index is 996. The van der Waals surface area contributed by atoms with Gasteiger partial charge in [0.1, 0.15) is 5.82 Å². The van der Waals surface area contributed by atoms with Gasteiger partial charge in [0, 0.05) is 11.8 Å². The van der Waals surface area contributed by atoms with Gasteiger partial charge in [0.25, 0.3) is 0 Å². The average molecular weight is 301 g/mol. The number of imidazole rings is 1. The topological polar surface area (TPSA) is 33.6 Å². The fourth-order valence-electron chi connectivity index (χ4n) is 2.32. The van der Waals surface area contributed by atoms with E-state index in [9.17, 15) is 4.39 Å². The normalized spacial score (nSPS) is 11.4. The van der Waals surface area contributed by atoms with Crippen molar-refractivity contribution >= 4 is 44.8 Å². The molecule has 20 heavy (non-hydrogen) atoms. The Balaban J connectivity index is 2.07. The SMILES string of the molecule is Fc1ccc2[nH]c(=S)n(-c3ccc4ncsc4c3)c2c1. The number of benzene rings is 2. The molecule has 6 heteroatoms. The van der Waals surface area contributed by atoms with Crippen molar-refractivity contribution < 1.29 is 4.39 Å². The lowest BCUT2D eigenvalue weighted by atomic mass is 10.2. The number of fused-ring (bicyclic) bond motifs is 2. The van der Waals surface area contributed by atoms with Crippen molar-refractivity contribution in [2.45, 2.75) is 0 Å². The molecule has 98 valence electrons. The highest BCUT2D eigenvalue weighted by atomic mass is 32.1. The zero-order chi connectivity index (χ0) is 13.7. The highest BCUT2D eigenvalue weighted by Crippen LogP contribution is 2.25. The van der Waals surface area contributed by atoms with Crippen LogP contribution >= 0.6 is 23.6 Å². The Kier molecular flexibility index (Phi) is 2.48. The Morgan fingerprint density at radius 2 is 2.10 bits per heavy atom. The molecule has 4 rings (SSSR count). The van der Waals surface area contributed by atoms with E-state index in [-0.39, 0.29) is 5.82 Å². The number of halogens is 1. The minimum Gasteiger partial charge on any atom is -0.330 e. The molecule has 0 aliphatic heterocycles.